The number of aliphatic carboxylic acids is 1. The Balaban J connectivity index is 0.000000311. The van der Waals surface area contributed by atoms with E-state index in [0.717, 1.165) is 33.0 Å². The minimum atomic E-state index is -4.20. The van der Waals surface area contributed by atoms with Crippen molar-refractivity contribution < 1.29 is 133 Å². The molecule has 8 rings (SSSR count). The Hall–Kier alpha value is 3.10. The fraction of sp³-hybridized carbons (Fsp3) is 0.974. The van der Waals surface area contributed by atoms with Gasteiger partial charge in [-0.2, -0.15) is 0 Å². The maximum atomic E-state index is 11.3. The summed E-state index contributed by atoms with van der Waals surface area (Å²) in [6.45, 7) is 18.5. The van der Waals surface area contributed by atoms with Gasteiger partial charge in [-0.3, -0.25) is 4.57 Å². The SMILES string of the molecule is CC(=O)[O-].CC1(C)OC[C@@H](CC2(S(=O)(=O)Cl)CC2)O1.CC1(C)OC[C@@H](CC2(S(=O)(=O)[O-])CC2)O1.CC1(C)OC[C@@H](CC2(SSC3(C[C@@H]4COC(C)(C)O4)CC3)CC2)O1.O=P(Cl)(Cl)Cl.[Na+].[Na+]. The van der Waals surface area contributed by atoms with Crippen molar-refractivity contribution in [3.8, 4) is 0 Å². The zero-order valence-electron chi connectivity index (χ0n) is 39.2. The summed E-state index contributed by atoms with van der Waals surface area (Å²) < 4.78 is 109. The number of carbonyl (C=O) groups excluding carboxylic acids is 1. The van der Waals surface area contributed by atoms with E-state index in [0.29, 0.717) is 54.8 Å². The molecule has 8 aliphatic rings. The number of carboxylic acids is 1. The van der Waals surface area contributed by atoms with E-state index in [1.165, 1.54) is 25.7 Å². The van der Waals surface area contributed by atoms with Gasteiger partial charge in [-0.25, -0.2) is 16.8 Å². The molecule has 4 heterocycles. The molecule has 0 aromatic rings. The van der Waals surface area contributed by atoms with E-state index in [2.05, 4.69) is 55.3 Å². The molecule has 0 unspecified atom stereocenters. The molecule has 8 fully saturated rings. The summed E-state index contributed by atoms with van der Waals surface area (Å²) in [5.41, 5.74) is 0. The van der Waals surface area contributed by atoms with Crippen molar-refractivity contribution in [1.82, 2.24) is 0 Å². The average Bonchev–Trinajstić information content (AvgIpc) is 3.98. The Morgan fingerprint density at radius 1 is 0.569 bits per heavy atom. The quantitative estimate of drug-likeness (QED) is 0.0849. The molecule has 0 aromatic heterocycles. The molecule has 16 nitrogen and oxygen atoms in total. The number of rotatable bonds is 13. The number of hydrogen-bond acceptors (Lipinski definition) is 18. The van der Waals surface area contributed by atoms with Gasteiger partial charge in [0.25, 0.3) is 0 Å². The molecule has 0 radical (unpaired) electrons. The normalized spacial score (nSPS) is 30.3. The second-order valence-corrected chi connectivity index (χ2v) is 33.7. The van der Waals surface area contributed by atoms with Crippen LogP contribution in [0.3, 0.4) is 0 Å². The predicted octanol–water partition coefficient (Wildman–Crippen LogP) is 2.33. The minimum absolute atomic E-state index is 0. The van der Waals surface area contributed by atoms with Gasteiger partial charge in [-0.15, -0.1) is 0 Å². The molecule has 0 spiro atoms. The maximum Gasteiger partial charge on any atom is 1.00 e. The van der Waals surface area contributed by atoms with Crippen LogP contribution in [-0.4, -0.2) is 120 Å². The molecule has 4 aliphatic heterocycles. The van der Waals surface area contributed by atoms with Gasteiger partial charge < -0.3 is 52.3 Å². The molecule has 370 valence electrons. The van der Waals surface area contributed by atoms with E-state index < -0.39 is 63.0 Å². The van der Waals surface area contributed by atoms with Crippen LogP contribution in [0.15, 0.2) is 0 Å². The molecule has 4 saturated carbocycles. The van der Waals surface area contributed by atoms with Crippen molar-refractivity contribution >= 4 is 96.3 Å². The van der Waals surface area contributed by atoms with Crippen molar-refractivity contribution in [3.05, 3.63) is 0 Å². The van der Waals surface area contributed by atoms with Crippen LogP contribution in [0, 0.1) is 0 Å². The van der Waals surface area contributed by atoms with Crippen LogP contribution < -0.4 is 64.2 Å². The van der Waals surface area contributed by atoms with E-state index in [1.54, 1.807) is 13.8 Å². The first kappa shape index (κ1) is 64.2. The zero-order valence-corrected chi connectivity index (χ0v) is 50.4. The van der Waals surface area contributed by atoms with Gasteiger partial charge in [-0.1, -0.05) is 21.6 Å². The Morgan fingerprint density at radius 3 is 0.969 bits per heavy atom. The predicted molar refractivity (Wildman–Crippen MR) is 241 cm³/mol. The van der Waals surface area contributed by atoms with Crippen molar-refractivity contribution in [2.45, 2.75) is 206 Å². The first-order valence-electron chi connectivity index (χ1n) is 20.8. The molecule has 4 atom stereocenters. The van der Waals surface area contributed by atoms with E-state index in [-0.39, 0.29) is 90.0 Å². The molecule has 0 N–H and O–H groups in total. The van der Waals surface area contributed by atoms with Crippen molar-refractivity contribution in [2.24, 2.45) is 0 Å². The van der Waals surface area contributed by atoms with E-state index in [4.69, 9.17) is 58.5 Å². The molecule has 0 aromatic carbocycles. The van der Waals surface area contributed by atoms with Gasteiger partial charge in [0.2, 0.25) is 9.05 Å². The van der Waals surface area contributed by atoms with E-state index in [9.17, 15) is 26.0 Å². The summed E-state index contributed by atoms with van der Waals surface area (Å²) in [6.07, 6.45) is 10.5. The van der Waals surface area contributed by atoms with Crippen LogP contribution in [-0.2, 0) is 66.4 Å². The van der Waals surface area contributed by atoms with Crippen LogP contribution >= 0.6 is 71.2 Å². The topological polar surface area (TPSA) is 222 Å². The van der Waals surface area contributed by atoms with Gasteiger partial charge in [-0.05, 0) is 173 Å². The molecule has 4 saturated heterocycles. The molecule has 65 heavy (non-hydrogen) atoms. The second-order valence-electron chi connectivity index (χ2n) is 19.3. The van der Waals surface area contributed by atoms with Crippen LogP contribution in [0.5, 0.6) is 0 Å². The molecule has 27 heteroatoms. The molecule has 0 amide bonds. The zero-order chi connectivity index (χ0) is 47.8. The Kier molecular flexibility index (Phi) is 23.9. The fourth-order valence-corrected chi connectivity index (χ4v) is 14.1. The first-order chi connectivity index (χ1) is 28.4. The minimum Gasteiger partial charge on any atom is -0.748 e. The van der Waals surface area contributed by atoms with Crippen molar-refractivity contribution in [2.75, 3.05) is 26.4 Å². The summed E-state index contributed by atoms with van der Waals surface area (Å²) in [6, 6.07) is 0. The van der Waals surface area contributed by atoms with E-state index in [1.807, 2.05) is 41.5 Å². The molecule has 0 bridgehead atoms. The smallest absolute Gasteiger partial charge is 0.748 e. The Labute approximate surface area is 456 Å². The largest absolute Gasteiger partial charge is 1.00 e. The van der Waals surface area contributed by atoms with E-state index >= 15 is 0 Å². The second kappa shape index (κ2) is 24.2. The average molecular weight is 1120 g/mol. The first-order valence-corrected chi connectivity index (χ1v) is 31.1. The van der Waals surface area contributed by atoms with Crippen LogP contribution in [0.4, 0.5) is 0 Å². The number of carboxylic acid groups (broad SMARTS) is 1. The summed E-state index contributed by atoms with van der Waals surface area (Å²) >= 11 is 13.8. The number of ether oxygens (including phenoxy) is 8. The van der Waals surface area contributed by atoms with Gasteiger partial charge in [0, 0.05) is 26.1 Å². The third-order valence-electron chi connectivity index (χ3n) is 11.3. The van der Waals surface area contributed by atoms with Gasteiger partial charge in [0.15, 0.2) is 23.1 Å². The summed E-state index contributed by atoms with van der Waals surface area (Å²) in [5, 5.41) is 5.67. The number of carbonyl (C=O) groups is 1. The number of halogens is 4. The van der Waals surface area contributed by atoms with Crippen LogP contribution in [0.25, 0.3) is 0 Å². The third kappa shape index (κ3) is 22.6. The maximum absolute atomic E-state index is 11.3. The Morgan fingerprint density at radius 2 is 0.800 bits per heavy atom. The summed E-state index contributed by atoms with van der Waals surface area (Å²) in [7, 11) is 1.96. The molecule has 4 aliphatic carbocycles. The molecular weight excluding hydrogens is 1060 g/mol. The Bertz CT molecular complexity index is 1730. The van der Waals surface area contributed by atoms with Gasteiger partial charge in [0.1, 0.15) is 10.1 Å². The summed E-state index contributed by atoms with van der Waals surface area (Å²) in [5.74, 6) is -3.14. The van der Waals surface area contributed by atoms with Crippen LogP contribution in [0.2, 0.25) is 0 Å². The molecular formula is C38H63Cl4Na2O16PS4. The fourth-order valence-electron chi connectivity index (χ4n) is 7.60. The standard InChI is InChI=1S/C18H30O4S2.C9H15ClO4S.C9H16O5S.C2H4O2.Cl3OP.2Na/c1-15(2)19-11-13(21-15)9-17(5-6-17)23-24-18(7-8-18)10-14-12-20-16(3,4)22-14;2*1-8(2)13-6-7(14-8)5-9(3-4-9)15(10,11)12;1-2(3)4;1-5(2,3)4;;/h13-14H,5-12H2,1-4H3;7H,3-6H2,1-2H3;7H,3-6H2,1-2H3,(H,10,11,12);1H3,(H,3,4);;;/q;;;;;2*+1/p-2/t13-,14-;2*7-;;;;/m111..../s1. The van der Waals surface area contributed by atoms with Gasteiger partial charge in [0.05, 0.1) is 60.3 Å². The summed E-state index contributed by atoms with van der Waals surface area (Å²) in [4.78, 5) is 8.89. The monoisotopic (exact) mass is 1120 g/mol. The van der Waals surface area contributed by atoms with Crippen molar-refractivity contribution in [1.29, 1.82) is 0 Å². The van der Waals surface area contributed by atoms with Crippen LogP contribution in [0.1, 0.15) is 139 Å². The van der Waals surface area contributed by atoms with Gasteiger partial charge >= 0.3 is 64.3 Å². The van der Waals surface area contributed by atoms with Crippen molar-refractivity contribution in [3.63, 3.8) is 0 Å². The third-order valence-corrected chi connectivity index (χ3v) is 19.9. The number of hydrogen-bond donors (Lipinski definition) is 0.